The Morgan fingerprint density at radius 1 is 1.35 bits per heavy atom. The highest BCUT2D eigenvalue weighted by atomic mass is 79.9. The molecule has 0 aliphatic heterocycles. The summed E-state index contributed by atoms with van der Waals surface area (Å²) in [5.74, 6) is 0.115. The van der Waals surface area contributed by atoms with Gasteiger partial charge in [0.15, 0.2) is 9.84 Å². The Kier molecular flexibility index (Phi) is 4.94. The van der Waals surface area contributed by atoms with Crippen LogP contribution in [-0.4, -0.2) is 24.0 Å². The van der Waals surface area contributed by atoms with Gasteiger partial charge in [0, 0.05) is 23.3 Å². The van der Waals surface area contributed by atoms with E-state index in [1.54, 1.807) is 26.1 Å². The van der Waals surface area contributed by atoms with Crippen LogP contribution in [0.1, 0.15) is 20.3 Å². The summed E-state index contributed by atoms with van der Waals surface area (Å²) in [6.45, 7) is 3.76. The van der Waals surface area contributed by atoms with E-state index >= 15 is 0 Å². The second-order valence-electron chi connectivity index (χ2n) is 4.15. The summed E-state index contributed by atoms with van der Waals surface area (Å²) in [5, 5.41) is -0.360. The first-order chi connectivity index (χ1) is 7.83. The summed E-state index contributed by atoms with van der Waals surface area (Å²) in [5.41, 5.74) is -0.116. The number of nitrogens with zero attached hydrogens (tertiary/aromatic N) is 1. The van der Waals surface area contributed by atoms with Crippen LogP contribution in [0.25, 0.3) is 0 Å². The molecule has 0 N–H and O–H groups in total. The van der Waals surface area contributed by atoms with Crippen LogP contribution in [0.3, 0.4) is 0 Å². The van der Waals surface area contributed by atoms with Crippen molar-refractivity contribution < 1.29 is 8.42 Å². The molecule has 6 heteroatoms. The van der Waals surface area contributed by atoms with Crippen molar-refractivity contribution in [2.75, 3.05) is 5.75 Å². The van der Waals surface area contributed by atoms with Crippen LogP contribution in [0, 0.1) is 0 Å². The van der Waals surface area contributed by atoms with Gasteiger partial charge in [0.1, 0.15) is 0 Å². The second kappa shape index (κ2) is 5.82. The van der Waals surface area contributed by atoms with Crippen molar-refractivity contribution >= 4 is 25.8 Å². The van der Waals surface area contributed by atoms with E-state index in [0.717, 1.165) is 4.47 Å². The third-order valence-corrected chi connectivity index (χ3v) is 5.26. The first-order valence-electron chi connectivity index (χ1n) is 5.40. The fraction of sp³-hybridized carbons (Fsp3) is 0.545. The Morgan fingerprint density at radius 2 is 2.00 bits per heavy atom. The molecule has 4 nitrogen and oxygen atoms in total. The highest BCUT2D eigenvalue weighted by Gasteiger charge is 2.15. The van der Waals surface area contributed by atoms with Crippen LogP contribution in [0.15, 0.2) is 27.6 Å². The molecule has 0 radical (unpaired) electrons. The minimum Gasteiger partial charge on any atom is -0.314 e. The smallest absolute Gasteiger partial charge is 0.250 e. The number of pyridine rings is 1. The normalized spacial score (nSPS) is 12.0. The number of hydrogen-bond acceptors (Lipinski definition) is 3. The van der Waals surface area contributed by atoms with E-state index in [0.29, 0.717) is 13.0 Å². The van der Waals surface area contributed by atoms with Crippen LogP contribution in [0.2, 0.25) is 0 Å². The lowest BCUT2D eigenvalue weighted by Crippen LogP contribution is -2.22. The van der Waals surface area contributed by atoms with Gasteiger partial charge in [-0.3, -0.25) is 4.79 Å². The molecule has 0 amide bonds. The van der Waals surface area contributed by atoms with Crippen LogP contribution >= 0.6 is 15.9 Å². The standard InChI is InChI=1S/C11H16BrNO3S/c1-9(2)17(15,16)7-3-6-13-8-10(12)4-5-11(13)14/h4-5,8-9H,3,6-7H2,1-2H3. The molecular formula is C11H16BrNO3S. The lowest BCUT2D eigenvalue weighted by atomic mass is 10.4. The van der Waals surface area contributed by atoms with Gasteiger partial charge in [-0.25, -0.2) is 8.42 Å². The molecule has 0 aliphatic carbocycles. The van der Waals surface area contributed by atoms with Crippen molar-refractivity contribution in [3.8, 4) is 0 Å². The van der Waals surface area contributed by atoms with Crippen molar-refractivity contribution in [3.63, 3.8) is 0 Å². The maximum atomic E-state index is 11.6. The Balaban J connectivity index is 2.64. The Labute approximate surface area is 110 Å². The van der Waals surface area contributed by atoms with Gasteiger partial charge in [-0.2, -0.15) is 0 Å². The van der Waals surface area contributed by atoms with E-state index in [1.165, 1.54) is 10.6 Å². The van der Waals surface area contributed by atoms with Crippen LogP contribution in [-0.2, 0) is 16.4 Å². The van der Waals surface area contributed by atoms with Gasteiger partial charge < -0.3 is 4.57 Å². The fourth-order valence-corrected chi connectivity index (χ4v) is 2.73. The van der Waals surface area contributed by atoms with Gasteiger partial charge in [-0.1, -0.05) is 0 Å². The largest absolute Gasteiger partial charge is 0.314 e. The maximum absolute atomic E-state index is 11.6. The third kappa shape index (κ3) is 4.27. The molecule has 17 heavy (non-hydrogen) atoms. The lowest BCUT2D eigenvalue weighted by Gasteiger charge is -2.08. The van der Waals surface area contributed by atoms with Crippen LogP contribution in [0.4, 0.5) is 0 Å². The van der Waals surface area contributed by atoms with Gasteiger partial charge in [0.25, 0.3) is 5.56 Å². The first kappa shape index (κ1) is 14.4. The van der Waals surface area contributed by atoms with Gasteiger partial charge in [-0.05, 0) is 42.3 Å². The molecule has 0 aromatic carbocycles. The summed E-state index contributed by atoms with van der Waals surface area (Å²) in [4.78, 5) is 11.5. The monoisotopic (exact) mass is 321 g/mol. The molecule has 1 aromatic rings. The maximum Gasteiger partial charge on any atom is 0.250 e. The third-order valence-electron chi connectivity index (χ3n) is 2.49. The highest BCUT2D eigenvalue weighted by Crippen LogP contribution is 2.07. The van der Waals surface area contributed by atoms with Crippen molar-refractivity contribution in [3.05, 3.63) is 33.2 Å². The topological polar surface area (TPSA) is 56.1 Å². The number of rotatable bonds is 5. The van der Waals surface area contributed by atoms with E-state index in [1.807, 2.05) is 0 Å². The van der Waals surface area contributed by atoms with E-state index in [-0.39, 0.29) is 16.6 Å². The SMILES string of the molecule is CC(C)S(=O)(=O)CCCn1cc(Br)ccc1=O. The zero-order chi connectivity index (χ0) is 13.1. The minimum atomic E-state index is -3.02. The number of halogens is 1. The highest BCUT2D eigenvalue weighted by molar-refractivity contribution is 9.10. The van der Waals surface area contributed by atoms with Crippen LogP contribution < -0.4 is 5.56 Å². The van der Waals surface area contributed by atoms with Gasteiger partial charge in [0.05, 0.1) is 11.0 Å². The molecule has 1 aromatic heterocycles. The van der Waals surface area contributed by atoms with Crippen molar-refractivity contribution in [2.24, 2.45) is 0 Å². The van der Waals surface area contributed by atoms with Crippen LogP contribution in [0.5, 0.6) is 0 Å². The predicted molar refractivity (Wildman–Crippen MR) is 71.9 cm³/mol. The van der Waals surface area contributed by atoms with Crippen molar-refractivity contribution in [1.29, 1.82) is 0 Å². The molecule has 1 rings (SSSR count). The number of hydrogen-bond donors (Lipinski definition) is 0. The molecule has 0 saturated heterocycles. The molecule has 96 valence electrons. The van der Waals surface area contributed by atoms with Crippen molar-refractivity contribution in [2.45, 2.75) is 32.1 Å². The molecule has 0 unspecified atom stereocenters. The second-order valence-corrected chi connectivity index (χ2v) is 7.74. The lowest BCUT2D eigenvalue weighted by molar-refractivity contribution is 0.576. The summed E-state index contributed by atoms with van der Waals surface area (Å²) < 4.78 is 25.5. The van der Waals surface area contributed by atoms with Gasteiger partial charge in [0.2, 0.25) is 0 Å². The zero-order valence-electron chi connectivity index (χ0n) is 9.89. The molecule has 0 aliphatic rings. The number of aryl methyl sites for hydroxylation is 1. The van der Waals surface area contributed by atoms with E-state index in [4.69, 9.17) is 0 Å². The zero-order valence-corrected chi connectivity index (χ0v) is 12.3. The Hall–Kier alpha value is -0.620. The molecule has 1 heterocycles. The predicted octanol–water partition coefficient (Wildman–Crippen LogP) is 1.82. The Bertz CT molecular complexity index is 534. The van der Waals surface area contributed by atoms with Crippen molar-refractivity contribution in [1.82, 2.24) is 4.57 Å². The van der Waals surface area contributed by atoms with Gasteiger partial charge in [-0.15, -0.1) is 0 Å². The number of sulfone groups is 1. The average molecular weight is 322 g/mol. The summed E-state index contributed by atoms with van der Waals surface area (Å²) >= 11 is 3.27. The molecule has 0 bridgehead atoms. The fourth-order valence-electron chi connectivity index (χ4n) is 1.35. The minimum absolute atomic E-state index is 0.115. The summed E-state index contributed by atoms with van der Waals surface area (Å²) in [7, 11) is -3.02. The Morgan fingerprint density at radius 3 is 2.59 bits per heavy atom. The molecule has 0 spiro atoms. The molecule has 0 saturated carbocycles. The molecule has 0 fully saturated rings. The average Bonchev–Trinajstić information content (AvgIpc) is 2.22. The van der Waals surface area contributed by atoms with E-state index < -0.39 is 9.84 Å². The molecule has 0 atom stereocenters. The first-order valence-corrected chi connectivity index (χ1v) is 7.91. The summed E-state index contributed by atoms with van der Waals surface area (Å²) in [6.07, 6.45) is 2.13. The molecular weight excluding hydrogens is 306 g/mol. The van der Waals surface area contributed by atoms with Gasteiger partial charge >= 0.3 is 0 Å². The summed E-state index contributed by atoms with van der Waals surface area (Å²) in [6, 6.07) is 3.13. The quantitative estimate of drug-likeness (QED) is 0.831. The van der Waals surface area contributed by atoms with E-state index in [2.05, 4.69) is 15.9 Å². The number of aromatic nitrogens is 1. The van der Waals surface area contributed by atoms with E-state index in [9.17, 15) is 13.2 Å².